The second-order valence-corrected chi connectivity index (χ2v) is 13.6. The molecule has 0 bridgehead atoms. The van der Waals surface area contributed by atoms with Gasteiger partial charge in [-0.25, -0.2) is 0 Å². The summed E-state index contributed by atoms with van der Waals surface area (Å²) in [5.41, 5.74) is 2.12. The Labute approximate surface area is 290 Å². The molecule has 2 aromatic carbocycles. The molecule has 2 aliphatic carbocycles. The van der Waals surface area contributed by atoms with Gasteiger partial charge in [-0.2, -0.15) is 0 Å². The average Bonchev–Trinajstić information content (AvgIpc) is 3.41. The molecule has 49 heavy (non-hydrogen) atoms. The summed E-state index contributed by atoms with van der Waals surface area (Å²) in [6.45, 7) is 6.03. The molecule has 11 nitrogen and oxygen atoms in total. The average molecular weight is 685 g/mol. The van der Waals surface area contributed by atoms with Gasteiger partial charge in [0.1, 0.15) is 18.5 Å². The van der Waals surface area contributed by atoms with E-state index in [0.717, 1.165) is 43.2 Å². The molecule has 0 saturated heterocycles. The molecule has 0 spiro atoms. The van der Waals surface area contributed by atoms with Crippen LogP contribution in [0.1, 0.15) is 79.9 Å². The third-order valence-electron chi connectivity index (χ3n) is 9.70. The summed E-state index contributed by atoms with van der Waals surface area (Å²) in [4.78, 5) is 27.5. The van der Waals surface area contributed by atoms with Crippen molar-refractivity contribution in [2.24, 2.45) is 17.8 Å². The van der Waals surface area contributed by atoms with E-state index in [2.05, 4.69) is 10.6 Å². The number of aliphatic hydroxyl groups excluding tert-OH is 3. The molecule has 2 aliphatic rings. The number of aliphatic hydroxyl groups is 3. The Bertz CT molecular complexity index is 1300. The maximum Gasteiger partial charge on any atom is 0.255 e. The first-order valence-electron chi connectivity index (χ1n) is 17.8. The van der Waals surface area contributed by atoms with Crippen LogP contribution in [-0.4, -0.2) is 98.2 Å². The minimum absolute atomic E-state index is 0.223. The van der Waals surface area contributed by atoms with E-state index in [1.165, 1.54) is 0 Å². The summed E-state index contributed by atoms with van der Waals surface area (Å²) >= 11 is 0. The van der Waals surface area contributed by atoms with Crippen molar-refractivity contribution in [3.63, 3.8) is 0 Å². The normalized spacial score (nSPS) is 20.3. The smallest absolute Gasteiger partial charge is 0.255 e. The Kier molecular flexibility index (Phi) is 15.8. The van der Waals surface area contributed by atoms with E-state index in [0.29, 0.717) is 57.2 Å². The Morgan fingerprint density at radius 3 is 2.22 bits per heavy atom. The van der Waals surface area contributed by atoms with Crippen molar-refractivity contribution >= 4 is 11.8 Å². The van der Waals surface area contributed by atoms with E-state index in [1.54, 1.807) is 31.4 Å². The number of fused-ring (bicyclic) bond motifs is 1. The molecule has 1 fully saturated rings. The summed E-state index contributed by atoms with van der Waals surface area (Å²) in [6, 6.07) is 13.0. The molecule has 272 valence electrons. The molecular formula is C38H56N2O9. The topological polar surface area (TPSA) is 156 Å². The second-order valence-electron chi connectivity index (χ2n) is 13.6. The number of hydrogen-bond donors (Lipinski definition) is 5. The van der Waals surface area contributed by atoms with E-state index >= 15 is 0 Å². The predicted octanol–water partition coefficient (Wildman–Crippen LogP) is 3.58. The highest BCUT2D eigenvalue weighted by molar-refractivity contribution is 5.97. The van der Waals surface area contributed by atoms with Crippen molar-refractivity contribution in [2.75, 3.05) is 46.8 Å². The van der Waals surface area contributed by atoms with Crippen molar-refractivity contribution in [3.05, 3.63) is 65.2 Å². The lowest BCUT2D eigenvalue weighted by atomic mass is 9.79. The fourth-order valence-electron chi connectivity index (χ4n) is 7.07. The molecule has 0 aromatic heterocycles. The second kappa shape index (κ2) is 20.0. The van der Waals surface area contributed by atoms with Gasteiger partial charge in [0.15, 0.2) is 0 Å². The molecule has 1 saturated carbocycles. The van der Waals surface area contributed by atoms with Gasteiger partial charge in [0, 0.05) is 13.5 Å². The zero-order valence-electron chi connectivity index (χ0n) is 29.2. The zero-order valence-corrected chi connectivity index (χ0v) is 29.2. The van der Waals surface area contributed by atoms with Crippen LogP contribution in [0.5, 0.6) is 5.75 Å². The highest BCUT2D eigenvalue weighted by Crippen LogP contribution is 2.33. The monoisotopic (exact) mass is 684 g/mol. The van der Waals surface area contributed by atoms with Crippen molar-refractivity contribution in [3.8, 4) is 5.75 Å². The highest BCUT2D eigenvalue weighted by Gasteiger charge is 2.41. The number of ether oxygens (including phenoxy) is 4. The lowest BCUT2D eigenvalue weighted by molar-refractivity contribution is -0.137. The number of amides is 2. The molecule has 5 N–H and O–H groups in total. The van der Waals surface area contributed by atoms with E-state index in [9.17, 15) is 24.9 Å². The first-order valence-corrected chi connectivity index (χ1v) is 17.8. The first kappa shape index (κ1) is 38.7. The minimum atomic E-state index is -1.47. The van der Waals surface area contributed by atoms with Crippen molar-refractivity contribution in [1.82, 2.24) is 10.6 Å². The number of para-hydroxylation sites is 1. The minimum Gasteiger partial charge on any atom is -0.490 e. The SMILES string of the molecule is COCCOCCOCCOc1ccccc1C(=O)NC(CC1CCCCC1)[C@@H](O)[C@H](O)[C@H](C(=O)N[C@H]1c2ccccc2CC1O)C(C)C. The molecule has 0 heterocycles. The van der Waals surface area contributed by atoms with Crippen LogP contribution in [0, 0.1) is 17.8 Å². The predicted molar refractivity (Wildman–Crippen MR) is 185 cm³/mol. The largest absolute Gasteiger partial charge is 0.490 e. The molecule has 0 radical (unpaired) electrons. The molecule has 2 aromatic rings. The Balaban J connectivity index is 1.43. The van der Waals surface area contributed by atoms with Crippen molar-refractivity contribution in [2.45, 2.75) is 89.2 Å². The molecule has 6 atom stereocenters. The fraction of sp³-hybridized carbons (Fsp3) is 0.632. The number of rotatable bonds is 20. The van der Waals surface area contributed by atoms with Gasteiger partial charge in [0.25, 0.3) is 5.91 Å². The van der Waals surface area contributed by atoms with Crippen LogP contribution in [0.15, 0.2) is 48.5 Å². The standard InChI is InChI=1S/C38H56N2O9/c1-25(2)33(38(45)40-34-28-14-8-7-13-27(28)24-31(34)41)36(43)35(42)30(23-26-11-5-4-6-12-26)39-37(44)29-15-9-10-16-32(29)49-22-21-48-20-19-47-18-17-46-3/h7-10,13-16,25-26,30-31,33-36,41-43H,4-6,11-12,17-24H2,1-3H3,(H,39,44)(H,40,45)/t30?,31?,33-,34+,35-,36-/m1/s1. The maximum atomic E-state index is 13.8. The van der Waals surface area contributed by atoms with Crippen LogP contribution < -0.4 is 15.4 Å². The van der Waals surface area contributed by atoms with Gasteiger partial charge in [-0.05, 0) is 41.5 Å². The van der Waals surface area contributed by atoms with Crippen LogP contribution in [-0.2, 0) is 25.4 Å². The fourth-order valence-corrected chi connectivity index (χ4v) is 7.07. The van der Waals surface area contributed by atoms with E-state index < -0.39 is 48.1 Å². The van der Waals surface area contributed by atoms with Crippen LogP contribution in [0.3, 0.4) is 0 Å². The Morgan fingerprint density at radius 1 is 0.857 bits per heavy atom. The van der Waals surface area contributed by atoms with Gasteiger partial charge < -0.3 is 44.9 Å². The molecule has 2 amide bonds. The summed E-state index contributed by atoms with van der Waals surface area (Å²) in [5.74, 6) is -1.57. The number of carbonyl (C=O) groups is 2. The molecular weight excluding hydrogens is 628 g/mol. The highest BCUT2D eigenvalue weighted by atomic mass is 16.6. The lowest BCUT2D eigenvalue weighted by Gasteiger charge is -2.36. The van der Waals surface area contributed by atoms with Gasteiger partial charge in [-0.15, -0.1) is 0 Å². The third-order valence-corrected chi connectivity index (χ3v) is 9.70. The molecule has 0 aliphatic heterocycles. The summed E-state index contributed by atoms with van der Waals surface area (Å²) in [6.07, 6.45) is 2.46. The lowest BCUT2D eigenvalue weighted by Crippen LogP contribution is -2.55. The van der Waals surface area contributed by atoms with E-state index in [-0.39, 0.29) is 18.4 Å². The molecule has 11 heteroatoms. The van der Waals surface area contributed by atoms with Gasteiger partial charge in [0.05, 0.1) is 68.8 Å². The van der Waals surface area contributed by atoms with Crippen molar-refractivity contribution in [1.29, 1.82) is 0 Å². The van der Waals surface area contributed by atoms with Crippen molar-refractivity contribution < 1.29 is 43.9 Å². The number of methoxy groups -OCH3 is 1. The third kappa shape index (κ3) is 11.2. The van der Waals surface area contributed by atoms with Crippen LogP contribution in [0.25, 0.3) is 0 Å². The number of benzene rings is 2. The Hall–Kier alpha value is -3.06. The van der Waals surface area contributed by atoms with Crippen LogP contribution >= 0.6 is 0 Å². The molecule has 2 unspecified atom stereocenters. The van der Waals surface area contributed by atoms with Gasteiger partial charge in [0.2, 0.25) is 5.91 Å². The van der Waals surface area contributed by atoms with Crippen LogP contribution in [0.2, 0.25) is 0 Å². The van der Waals surface area contributed by atoms with Gasteiger partial charge in [-0.3, -0.25) is 9.59 Å². The summed E-state index contributed by atoms with van der Waals surface area (Å²) in [7, 11) is 1.62. The number of carbonyl (C=O) groups excluding carboxylic acids is 2. The molecule has 4 rings (SSSR count). The summed E-state index contributed by atoms with van der Waals surface area (Å²) < 4.78 is 21.8. The quantitative estimate of drug-likeness (QED) is 0.132. The van der Waals surface area contributed by atoms with E-state index in [4.69, 9.17) is 18.9 Å². The number of nitrogens with one attached hydrogen (secondary N) is 2. The Morgan fingerprint density at radius 2 is 1.51 bits per heavy atom. The summed E-state index contributed by atoms with van der Waals surface area (Å²) in [5, 5.41) is 40.1. The first-order chi connectivity index (χ1) is 23.7. The maximum absolute atomic E-state index is 13.8. The van der Waals surface area contributed by atoms with E-state index in [1.807, 2.05) is 38.1 Å². The van der Waals surface area contributed by atoms with Crippen LogP contribution in [0.4, 0.5) is 0 Å². The van der Waals surface area contributed by atoms with Gasteiger partial charge in [-0.1, -0.05) is 82.3 Å². The van der Waals surface area contributed by atoms with Gasteiger partial charge >= 0.3 is 0 Å². The number of hydrogen-bond acceptors (Lipinski definition) is 9. The zero-order chi connectivity index (χ0) is 35.2.